The number of hydrogen-bond acceptors (Lipinski definition) is 4. The van der Waals surface area contributed by atoms with E-state index in [-0.39, 0.29) is 5.75 Å². The summed E-state index contributed by atoms with van der Waals surface area (Å²) >= 11 is 0. The van der Waals surface area contributed by atoms with Gasteiger partial charge < -0.3 is 15.2 Å². The average Bonchev–Trinajstić information content (AvgIpc) is 2.08. The zero-order valence-corrected chi connectivity index (χ0v) is 7.60. The van der Waals surface area contributed by atoms with Crippen LogP contribution in [0.4, 0.5) is 5.69 Å². The summed E-state index contributed by atoms with van der Waals surface area (Å²) in [6, 6.07) is 5.12. The minimum atomic E-state index is 0.101. The molecule has 1 aromatic carbocycles. The van der Waals surface area contributed by atoms with E-state index in [2.05, 4.69) is 5.16 Å². The van der Waals surface area contributed by atoms with Gasteiger partial charge in [0.25, 0.3) is 0 Å². The molecule has 70 valence electrons. The van der Waals surface area contributed by atoms with Crippen LogP contribution in [-0.4, -0.2) is 30.6 Å². The smallest absolute Gasteiger partial charge is 0.126 e. The fourth-order valence-corrected chi connectivity index (χ4v) is 0.982. The minimum absolute atomic E-state index is 0.101. The van der Waals surface area contributed by atoms with E-state index in [9.17, 15) is 5.11 Å². The highest BCUT2D eigenvalue weighted by molar-refractivity contribution is 5.83. The number of nitrogens with zero attached hydrogens (tertiary/aromatic N) is 2. The second-order valence-corrected chi connectivity index (χ2v) is 2.88. The van der Waals surface area contributed by atoms with Gasteiger partial charge in [0, 0.05) is 31.4 Å². The second-order valence-electron chi connectivity index (χ2n) is 2.88. The molecule has 0 atom stereocenters. The van der Waals surface area contributed by atoms with Gasteiger partial charge in [0.2, 0.25) is 0 Å². The fourth-order valence-electron chi connectivity index (χ4n) is 0.982. The summed E-state index contributed by atoms with van der Waals surface area (Å²) in [5.74, 6) is 0.101. The quantitative estimate of drug-likeness (QED) is 0.409. The van der Waals surface area contributed by atoms with Gasteiger partial charge >= 0.3 is 0 Å². The highest BCUT2D eigenvalue weighted by Crippen LogP contribution is 2.21. The Balaban J connectivity index is 3.05. The number of rotatable bonds is 2. The average molecular weight is 180 g/mol. The van der Waals surface area contributed by atoms with Crippen LogP contribution in [0.1, 0.15) is 5.56 Å². The SMILES string of the molecule is CN(C)c1ccc(/C=N/O)c(O)c1. The number of benzene rings is 1. The third-order valence-electron chi connectivity index (χ3n) is 1.73. The first-order valence-corrected chi connectivity index (χ1v) is 3.83. The van der Waals surface area contributed by atoms with Gasteiger partial charge in [-0.25, -0.2) is 0 Å². The highest BCUT2D eigenvalue weighted by Gasteiger charge is 2.01. The Morgan fingerprint density at radius 3 is 2.54 bits per heavy atom. The highest BCUT2D eigenvalue weighted by atomic mass is 16.4. The second kappa shape index (κ2) is 3.80. The molecule has 0 aliphatic carbocycles. The lowest BCUT2D eigenvalue weighted by molar-refractivity contribution is 0.321. The third-order valence-corrected chi connectivity index (χ3v) is 1.73. The van der Waals surface area contributed by atoms with Crippen LogP contribution >= 0.6 is 0 Å². The summed E-state index contributed by atoms with van der Waals surface area (Å²) in [6.07, 6.45) is 1.19. The maximum Gasteiger partial charge on any atom is 0.126 e. The summed E-state index contributed by atoms with van der Waals surface area (Å²) in [6.45, 7) is 0. The molecule has 13 heavy (non-hydrogen) atoms. The predicted octanol–water partition coefficient (Wildman–Crippen LogP) is 1.27. The normalized spacial score (nSPS) is 10.6. The Morgan fingerprint density at radius 1 is 1.38 bits per heavy atom. The molecule has 4 heteroatoms. The molecule has 0 saturated heterocycles. The molecule has 0 saturated carbocycles. The molecule has 0 heterocycles. The molecule has 0 aliphatic heterocycles. The van der Waals surface area contributed by atoms with E-state index in [1.54, 1.807) is 12.1 Å². The first-order valence-electron chi connectivity index (χ1n) is 3.83. The largest absolute Gasteiger partial charge is 0.507 e. The van der Waals surface area contributed by atoms with E-state index in [4.69, 9.17) is 5.21 Å². The molecule has 1 rings (SSSR count). The lowest BCUT2D eigenvalue weighted by Gasteiger charge is -2.12. The fraction of sp³-hybridized carbons (Fsp3) is 0.222. The van der Waals surface area contributed by atoms with Crippen molar-refractivity contribution in [3.05, 3.63) is 23.8 Å². The molecule has 0 spiro atoms. The first kappa shape index (κ1) is 9.38. The molecule has 2 N–H and O–H groups in total. The molecular weight excluding hydrogens is 168 g/mol. The van der Waals surface area contributed by atoms with Crippen LogP contribution in [-0.2, 0) is 0 Å². The monoisotopic (exact) mass is 180 g/mol. The van der Waals surface area contributed by atoms with Gasteiger partial charge in [-0.15, -0.1) is 0 Å². The van der Waals surface area contributed by atoms with E-state index in [1.165, 1.54) is 6.21 Å². The molecule has 0 radical (unpaired) electrons. The molecule has 1 aromatic rings. The van der Waals surface area contributed by atoms with Crippen molar-refractivity contribution in [2.75, 3.05) is 19.0 Å². The first-order chi connectivity index (χ1) is 6.15. The summed E-state index contributed by atoms with van der Waals surface area (Å²) in [5.41, 5.74) is 1.39. The van der Waals surface area contributed by atoms with Crippen molar-refractivity contribution < 1.29 is 10.3 Å². The van der Waals surface area contributed by atoms with Crippen molar-refractivity contribution in [3.8, 4) is 5.75 Å². The van der Waals surface area contributed by atoms with Crippen molar-refractivity contribution >= 4 is 11.9 Å². The van der Waals surface area contributed by atoms with E-state index < -0.39 is 0 Å². The third kappa shape index (κ3) is 2.11. The van der Waals surface area contributed by atoms with E-state index >= 15 is 0 Å². The standard InChI is InChI=1S/C9H12N2O2/c1-11(2)8-4-3-7(6-10-13)9(12)5-8/h3-6,12-13H,1-2H3/b10-6+. The number of phenols is 1. The number of oxime groups is 1. The Labute approximate surface area is 76.7 Å². The zero-order valence-electron chi connectivity index (χ0n) is 7.60. The molecule has 0 aromatic heterocycles. The Hall–Kier alpha value is -1.71. The molecule has 0 fully saturated rings. The van der Waals surface area contributed by atoms with Gasteiger partial charge in [0.1, 0.15) is 5.75 Å². The van der Waals surface area contributed by atoms with Gasteiger partial charge in [0.05, 0.1) is 6.21 Å². The molecule has 0 amide bonds. The molecular formula is C9H12N2O2. The number of hydrogen-bond donors (Lipinski definition) is 2. The molecule has 0 aliphatic rings. The van der Waals surface area contributed by atoms with E-state index in [0.29, 0.717) is 5.56 Å². The van der Waals surface area contributed by atoms with Crippen molar-refractivity contribution in [1.82, 2.24) is 0 Å². The van der Waals surface area contributed by atoms with Gasteiger partial charge in [-0.2, -0.15) is 0 Å². The van der Waals surface area contributed by atoms with Gasteiger partial charge in [0.15, 0.2) is 0 Å². The van der Waals surface area contributed by atoms with Crippen LogP contribution in [0.5, 0.6) is 5.75 Å². The Morgan fingerprint density at radius 2 is 2.08 bits per heavy atom. The van der Waals surface area contributed by atoms with Crippen LogP contribution in [0.15, 0.2) is 23.4 Å². The maximum absolute atomic E-state index is 9.44. The summed E-state index contributed by atoms with van der Waals surface area (Å²) < 4.78 is 0. The summed E-state index contributed by atoms with van der Waals surface area (Å²) in [5, 5.41) is 20.6. The lowest BCUT2D eigenvalue weighted by atomic mass is 10.2. The summed E-state index contributed by atoms with van der Waals surface area (Å²) in [7, 11) is 3.77. The minimum Gasteiger partial charge on any atom is -0.507 e. The van der Waals surface area contributed by atoms with Crippen LogP contribution in [0.3, 0.4) is 0 Å². The van der Waals surface area contributed by atoms with Gasteiger partial charge in [-0.1, -0.05) is 5.16 Å². The maximum atomic E-state index is 9.44. The Kier molecular flexibility index (Phi) is 2.74. The van der Waals surface area contributed by atoms with Crippen LogP contribution in [0, 0.1) is 0 Å². The predicted molar refractivity (Wildman–Crippen MR) is 51.8 cm³/mol. The number of anilines is 1. The van der Waals surface area contributed by atoms with Crippen LogP contribution in [0.2, 0.25) is 0 Å². The zero-order chi connectivity index (χ0) is 9.84. The van der Waals surface area contributed by atoms with E-state index in [1.807, 2.05) is 25.1 Å². The Bertz CT molecular complexity index is 321. The molecule has 0 unspecified atom stereocenters. The van der Waals surface area contributed by atoms with Crippen molar-refractivity contribution in [2.24, 2.45) is 5.16 Å². The molecule has 0 bridgehead atoms. The van der Waals surface area contributed by atoms with E-state index in [0.717, 1.165) is 5.69 Å². The lowest BCUT2D eigenvalue weighted by Crippen LogP contribution is -2.08. The number of phenolic OH excluding ortho intramolecular Hbond substituents is 1. The van der Waals surface area contributed by atoms with Crippen molar-refractivity contribution in [1.29, 1.82) is 0 Å². The van der Waals surface area contributed by atoms with Crippen molar-refractivity contribution in [3.63, 3.8) is 0 Å². The number of aromatic hydroxyl groups is 1. The van der Waals surface area contributed by atoms with Crippen LogP contribution < -0.4 is 4.90 Å². The van der Waals surface area contributed by atoms with Gasteiger partial charge in [-0.05, 0) is 12.1 Å². The topological polar surface area (TPSA) is 56.1 Å². The molecule has 4 nitrogen and oxygen atoms in total. The van der Waals surface area contributed by atoms with Crippen LogP contribution in [0.25, 0.3) is 0 Å². The van der Waals surface area contributed by atoms with Gasteiger partial charge in [-0.3, -0.25) is 0 Å². The summed E-state index contributed by atoms with van der Waals surface area (Å²) in [4.78, 5) is 1.87. The van der Waals surface area contributed by atoms with Crippen molar-refractivity contribution in [2.45, 2.75) is 0 Å².